The fourth-order valence-corrected chi connectivity index (χ4v) is 3.90. The van der Waals surface area contributed by atoms with E-state index in [1.54, 1.807) is 11.0 Å². The van der Waals surface area contributed by atoms with Crippen molar-refractivity contribution in [1.29, 1.82) is 0 Å². The van der Waals surface area contributed by atoms with Crippen molar-refractivity contribution in [2.45, 2.75) is 53.2 Å². The summed E-state index contributed by atoms with van der Waals surface area (Å²) < 4.78 is 15.9. The summed E-state index contributed by atoms with van der Waals surface area (Å²) in [5, 5.41) is 7.06. The quantitative estimate of drug-likeness (QED) is 0.633. The van der Waals surface area contributed by atoms with Crippen LogP contribution in [0.3, 0.4) is 0 Å². The van der Waals surface area contributed by atoms with Crippen molar-refractivity contribution in [3.05, 3.63) is 57.5 Å². The van der Waals surface area contributed by atoms with Gasteiger partial charge in [0.25, 0.3) is 11.5 Å². The molecule has 32 heavy (non-hydrogen) atoms. The molecule has 1 aliphatic heterocycles. The molecular weight excluding hydrogens is 415 g/mol. The van der Waals surface area contributed by atoms with E-state index in [0.717, 1.165) is 6.20 Å². The number of nitrogens with one attached hydrogen (secondary N) is 1. The van der Waals surface area contributed by atoms with Gasteiger partial charge in [0, 0.05) is 12.1 Å². The topological polar surface area (TPSA) is 102 Å². The smallest absolute Gasteiger partial charge is 0.280 e. The maximum atomic E-state index is 13.2. The Labute approximate surface area is 183 Å². The Morgan fingerprint density at radius 2 is 1.97 bits per heavy atom. The number of aromatic nitrogens is 4. The first-order valence-corrected chi connectivity index (χ1v) is 10.5. The lowest BCUT2D eigenvalue weighted by Gasteiger charge is -2.20. The molecule has 0 bridgehead atoms. The molecule has 0 saturated heterocycles. The Hall–Kier alpha value is -3.56. The van der Waals surface area contributed by atoms with Crippen molar-refractivity contribution in [1.82, 2.24) is 24.1 Å². The minimum absolute atomic E-state index is 0.108. The van der Waals surface area contributed by atoms with Crippen molar-refractivity contribution in [3.63, 3.8) is 0 Å². The molecule has 4 rings (SSSR count). The summed E-state index contributed by atoms with van der Waals surface area (Å²) in [7, 11) is 0. The third-order valence-electron chi connectivity index (χ3n) is 5.35. The molecule has 0 spiro atoms. The van der Waals surface area contributed by atoms with Crippen LogP contribution in [0.1, 0.15) is 49.4 Å². The van der Waals surface area contributed by atoms with Crippen LogP contribution in [0, 0.1) is 11.7 Å². The lowest BCUT2D eigenvalue weighted by Crippen LogP contribution is -2.32. The largest absolute Gasteiger partial charge is 0.330 e. The van der Waals surface area contributed by atoms with Gasteiger partial charge in [-0.25, -0.2) is 9.37 Å². The fraction of sp³-hybridized carbons (Fsp3) is 0.409. The van der Waals surface area contributed by atoms with Gasteiger partial charge in [-0.05, 0) is 38.3 Å². The zero-order valence-corrected chi connectivity index (χ0v) is 18.4. The van der Waals surface area contributed by atoms with Gasteiger partial charge < -0.3 is 14.8 Å². The van der Waals surface area contributed by atoms with E-state index in [4.69, 9.17) is 0 Å². The van der Waals surface area contributed by atoms with Gasteiger partial charge in [-0.15, -0.1) is 0 Å². The van der Waals surface area contributed by atoms with E-state index < -0.39 is 11.7 Å². The van der Waals surface area contributed by atoms with Gasteiger partial charge in [0.05, 0.1) is 24.0 Å². The molecule has 3 aromatic rings. The molecule has 0 saturated carbocycles. The molecule has 2 amide bonds. The van der Waals surface area contributed by atoms with Gasteiger partial charge in [0.2, 0.25) is 5.91 Å². The van der Waals surface area contributed by atoms with Crippen LogP contribution in [0.5, 0.6) is 0 Å². The molecule has 0 radical (unpaired) electrons. The molecule has 1 aliphatic rings. The highest BCUT2D eigenvalue weighted by molar-refractivity contribution is 5.98. The highest BCUT2D eigenvalue weighted by Crippen LogP contribution is 2.25. The monoisotopic (exact) mass is 440 g/mol. The van der Waals surface area contributed by atoms with E-state index >= 15 is 0 Å². The van der Waals surface area contributed by atoms with E-state index in [1.807, 2.05) is 27.7 Å². The SMILES string of the molecule is CC(C)Cc1cc2n(CC(=O)Nc3ccc(F)cn3)c3c(c(=O)n2n1)CN(C(C)C)C3=O. The summed E-state index contributed by atoms with van der Waals surface area (Å²) in [6, 6.07) is 4.18. The number of carbonyl (C=O) groups excluding carboxylic acids is 2. The Balaban J connectivity index is 1.80. The summed E-state index contributed by atoms with van der Waals surface area (Å²) in [6.07, 6.45) is 1.66. The first-order chi connectivity index (χ1) is 15.2. The van der Waals surface area contributed by atoms with Gasteiger partial charge in [-0.3, -0.25) is 14.4 Å². The van der Waals surface area contributed by atoms with Gasteiger partial charge >= 0.3 is 0 Å². The third kappa shape index (κ3) is 3.88. The standard InChI is InChI=1S/C22H25FN6O3/c1-12(2)7-15-8-19-28(11-18(30)25-17-6-5-14(23)9-24-17)20-16(21(31)29(19)26-15)10-27(13(3)4)22(20)32/h5-6,8-9,12-13H,7,10-11H2,1-4H3,(H,24,25,30). The van der Waals surface area contributed by atoms with Crippen LogP contribution in [-0.4, -0.2) is 41.9 Å². The van der Waals surface area contributed by atoms with Crippen molar-refractivity contribution in [2.75, 3.05) is 5.32 Å². The van der Waals surface area contributed by atoms with Crippen LogP contribution >= 0.6 is 0 Å². The molecule has 0 unspecified atom stereocenters. The first-order valence-electron chi connectivity index (χ1n) is 10.5. The fourth-order valence-electron chi connectivity index (χ4n) is 3.90. The number of hydrogen-bond donors (Lipinski definition) is 1. The molecule has 1 N–H and O–H groups in total. The first kappa shape index (κ1) is 21.7. The maximum Gasteiger partial charge on any atom is 0.280 e. The predicted octanol–water partition coefficient (Wildman–Crippen LogP) is 2.23. The molecule has 0 fully saturated rings. The van der Waals surface area contributed by atoms with Gasteiger partial charge in [-0.1, -0.05) is 13.8 Å². The Kier molecular flexibility index (Phi) is 5.53. The second-order valence-corrected chi connectivity index (χ2v) is 8.66. The van der Waals surface area contributed by atoms with Crippen molar-refractivity contribution < 1.29 is 14.0 Å². The van der Waals surface area contributed by atoms with Crippen LogP contribution in [0.15, 0.2) is 29.2 Å². The van der Waals surface area contributed by atoms with Gasteiger partial charge in [0.1, 0.15) is 29.5 Å². The molecular formula is C22H25FN6O3. The van der Waals surface area contributed by atoms with Gasteiger partial charge in [-0.2, -0.15) is 9.61 Å². The maximum absolute atomic E-state index is 13.2. The Morgan fingerprint density at radius 1 is 1.22 bits per heavy atom. The summed E-state index contributed by atoms with van der Waals surface area (Å²) in [4.78, 5) is 44.6. The molecule has 4 heterocycles. The Bertz CT molecular complexity index is 1260. The number of carbonyl (C=O) groups is 2. The van der Waals surface area contributed by atoms with Crippen LogP contribution in [0.2, 0.25) is 0 Å². The molecule has 10 heteroatoms. The highest BCUT2D eigenvalue weighted by Gasteiger charge is 2.36. The molecule has 0 aliphatic carbocycles. The second kappa shape index (κ2) is 8.18. The molecule has 0 atom stereocenters. The van der Waals surface area contributed by atoms with Gasteiger partial charge in [0.15, 0.2) is 0 Å². The number of pyridine rings is 1. The summed E-state index contributed by atoms with van der Waals surface area (Å²) in [6.45, 7) is 7.78. The molecule has 168 valence electrons. The molecule has 3 aromatic heterocycles. The van der Waals surface area contributed by atoms with E-state index in [9.17, 15) is 18.8 Å². The highest BCUT2D eigenvalue weighted by atomic mass is 19.1. The average molecular weight is 440 g/mol. The van der Waals surface area contributed by atoms with E-state index in [1.165, 1.54) is 21.2 Å². The molecule has 9 nitrogen and oxygen atoms in total. The van der Waals surface area contributed by atoms with Crippen LogP contribution in [0.4, 0.5) is 10.2 Å². The molecule has 0 aromatic carbocycles. The number of halogens is 1. The number of hydrogen-bond acceptors (Lipinski definition) is 5. The minimum Gasteiger partial charge on any atom is -0.330 e. The number of nitrogens with zero attached hydrogens (tertiary/aromatic N) is 5. The number of anilines is 1. The van der Waals surface area contributed by atoms with Crippen molar-refractivity contribution in [2.24, 2.45) is 5.92 Å². The van der Waals surface area contributed by atoms with Crippen molar-refractivity contribution >= 4 is 23.3 Å². The average Bonchev–Trinajstić information content (AvgIpc) is 3.28. The third-order valence-corrected chi connectivity index (χ3v) is 5.35. The predicted molar refractivity (Wildman–Crippen MR) is 116 cm³/mol. The van der Waals surface area contributed by atoms with Crippen LogP contribution in [0.25, 0.3) is 5.65 Å². The number of rotatable bonds is 6. The number of amides is 2. The summed E-state index contributed by atoms with van der Waals surface area (Å²) in [5.74, 6) is -0.761. The van der Waals surface area contributed by atoms with E-state index in [-0.39, 0.29) is 42.1 Å². The van der Waals surface area contributed by atoms with E-state index in [2.05, 4.69) is 15.4 Å². The lowest BCUT2D eigenvalue weighted by atomic mass is 10.1. The lowest BCUT2D eigenvalue weighted by molar-refractivity contribution is -0.116. The zero-order valence-electron chi connectivity index (χ0n) is 18.4. The minimum atomic E-state index is -0.515. The van der Waals surface area contributed by atoms with Crippen LogP contribution < -0.4 is 10.9 Å². The summed E-state index contributed by atoms with van der Waals surface area (Å²) in [5.41, 5.74) is 1.27. The summed E-state index contributed by atoms with van der Waals surface area (Å²) >= 11 is 0. The van der Waals surface area contributed by atoms with Crippen molar-refractivity contribution in [3.8, 4) is 0 Å². The normalized spacial score (nSPS) is 13.5. The Morgan fingerprint density at radius 3 is 2.59 bits per heavy atom. The number of fused-ring (bicyclic) bond motifs is 2. The zero-order chi connectivity index (χ0) is 23.2. The van der Waals surface area contributed by atoms with E-state index in [0.29, 0.717) is 29.2 Å². The second-order valence-electron chi connectivity index (χ2n) is 8.66. The van der Waals surface area contributed by atoms with Crippen LogP contribution in [-0.2, 0) is 24.3 Å².